The molecule has 0 saturated heterocycles. The molecule has 146 valence electrons. The average Bonchev–Trinajstić information content (AvgIpc) is 2.61. The molecule has 0 unspecified atom stereocenters. The maximum absolute atomic E-state index is 13.6. The standard InChI is InChI=1S/C19H12ClF3O5/c1-9(18(25)26)27-12-6-7-13-14(8-12)28-17(19(21,22)23)15(16(13)24)10-2-4-11(20)5-3-10/h2-9H,1H3,(H,25,26)/t9-/m0/s1. The molecule has 0 spiro atoms. The molecule has 0 radical (unpaired) electrons. The summed E-state index contributed by atoms with van der Waals surface area (Å²) in [6.07, 6.45) is -6.17. The number of carbonyl (C=O) groups is 1. The van der Waals surface area contributed by atoms with Crippen LogP contribution < -0.4 is 10.2 Å². The Morgan fingerprint density at radius 1 is 1.18 bits per heavy atom. The number of hydrogen-bond donors (Lipinski definition) is 1. The minimum Gasteiger partial charge on any atom is -0.479 e. The number of alkyl halides is 3. The molecule has 1 aromatic heterocycles. The highest BCUT2D eigenvalue weighted by Crippen LogP contribution is 2.38. The zero-order chi connectivity index (χ0) is 20.6. The highest BCUT2D eigenvalue weighted by molar-refractivity contribution is 6.30. The lowest BCUT2D eigenvalue weighted by molar-refractivity contribution is -0.152. The van der Waals surface area contributed by atoms with Gasteiger partial charge < -0.3 is 14.3 Å². The SMILES string of the molecule is C[C@H](Oc1ccc2c(=O)c(-c3ccc(Cl)cc3)c(C(F)(F)F)oc2c1)C(=O)O. The van der Waals surface area contributed by atoms with E-state index in [1.807, 2.05) is 0 Å². The predicted molar refractivity (Wildman–Crippen MR) is 95.7 cm³/mol. The topological polar surface area (TPSA) is 76.7 Å². The third-order valence-corrected chi connectivity index (χ3v) is 4.17. The molecule has 9 heteroatoms. The Bertz CT molecular complexity index is 1100. The summed E-state index contributed by atoms with van der Waals surface area (Å²) in [6.45, 7) is 1.26. The van der Waals surface area contributed by atoms with Crippen molar-refractivity contribution in [3.05, 3.63) is 63.5 Å². The van der Waals surface area contributed by atoms with E-state index >= 15 is 0 Å². The van der Waals surface area contributed by atoms with Crippen molar-refractivity contribution in [2.75, 3.05) is 0 Å². The summed E-state index contributed by atoms with van der Waals surface area (Å²) in [5, 5.41) is 9.08. The fourth-order valence-electron chi connectivity index (χ4n) is 2.58. The molecule has 28 heavy (non-hydrogen) atoms. The second-order valence-corrected chi connectivity index (χ2v) is 6.33. The summed E-state index contributed by atoms with van der Waals surface area (Å²) in [5.41, 5.74) is -1.88. The fraction of sp³-hybridized carbons (Fsp3) is 0.158. The van der Waals surface area contributed by atoms with Gasteiger partial charge in [0.1, 0.15) is 11.3 Å². The maximum atomic E-state index is 13.6. The van der Waals surface area contributed by atoms with Gasteiger partial charge >= 0.3 is 12.1 Å². The molecule has 3 rings (SSSR count). The van der Waals surface area contributed by atoms with E-state index in [1.54, 1.807) is 0 Å². The first-order chi connectivity index (χ1) is 13.1. The van der Waals surface area contributed by atoms with Crippen LogP contribution in [0.2, 0.25) is 5.02 Å². The minimum absolute atomic E-state index is 0.00667. The Morgan fingerprint density at radius 3 is 2.39 bits per heavy atom. The van der Waals surface area contributed by atoms with Gasteiger partial charge in [0, 0.05) is 11.1 Å². The zero-order valence-corrected chi connectivity index (χ0v) is 15.0. The van der Waals surface area contributed by atoms with Gasteiger partial charge in [0.05, 0.1) is 10.9 Å². The van der Waals surface area contributed by atoms with Crippen molar-refractivity contribution in [2.24, 2.45) is 0 Å². The van der Waals surface area contributed by atoms with Gasteiger partial charge in [-0.3, -0.25) is 4.79 Å². The quantitative estimate of drug-likeness (QED) is 0.653. The van der Waals surface area contributed by atoms with Crippen molar-refractivity contribution in [1.82, 2.24) is 0 Å². The Kier molecular flexibility index (Phi) is 5.08. The number of aliphatic carboxylic acids is 1. The van der Waals surface area contributed by atoms with Crippen LogP contribution in [0.15, 0.2) is 51.7 Å². The molecule has 0 amide bonds. The van der Waals surface area contributed by atoms with Crippen molar-refractivity contribution in [3.8, 4) is 16.9 Å². The van der Waals surface area contributed by atoms with Gasteiger partial charge in [0.25, 0.3) is 0 Å². The summed E-state index contributed by atoms with van der Waals surface area (Å²) in [5.74, 6) is -2.76. The Labute approximate surface area is 160 Å². The lowest BCUT2D eigenvalue weighted by Crippen LogP contribution is -2.23. The van der Waals surface area contributed by atoms with Gasteiger partial charge in [-0.15, -0.1) is 0 Å². The second kappa shape index (κ2) is 7.20. The van der Waals surface area contributed by atoms with Gasteiger partial charge in [-0.1, -0.05) is 23.7 Å². The number of carboxylic acid groups (broad SMARTS) is 1. The summed E-state index contributed by atoms with van der Waals surface area (Å²) >= 11 is 5.77. The van der Waals surface area contributed by atoms with E-state index in [1.165, 1.54) is 43.3 Å². The average molecular weight is 413 g/mol. The van der Waals surface area contributed by atoms with Crippen LogP contribution >= 0.6 is 11.6 Å². The molecular weight excluding hydrogens is 401 g/mol. The maximum Gasteiger partial charge on any atom is 0.450 e. The normalized spacial score (nSPS) is 12.8. The number of ether oxygens (including phenoxy) is 1. The minimum atomic E-state index is -4.94. The highest BCUT2D eigenvalue weighted by atomic mass is 35.5. The molecule has 2 aromatic carbocycles. The Hall–Kier alpha value is -3.00. The van der Waals surface area contributed by atoms with Crippen LogP contribution in [-0.4, -0.2) is 17.2 Å². The summed E-state index contributed by atoms with van der Waals surface area (Å²) in [6, 6.07) is 8.89. The van der Waals surface area contributed by atoms with Gasteiger partial charge in [-0.05, 0) is 36.8 Å². The molecule has 0 fully saturated rings. The van der Waals surface area contributed by atoms with Gasteiger partial charge in [0.15, 0.2) is 6.10 Å². The number of benzene rings is 2. The van der Waals surface area contributed by atoms with Crippen molar-refractivity contribution >= 4 is 28.5 Å². The Balaban J connectivity index is 2.24. The molecule has 0 saturated carbocycles. The van der Waals surface area contributed by atoms with Crippen molar-refractivity contribution in [2.45, 2.75) is 19.2 Å². The van der Waals surface area contributed by atoms with Crippen molar-refractivity contribution in [3.63, 3.8) is 0 Å². The molecule has 5 nitrogen and oxygen atoms in total. The van der Waals surface area contributed by atoms with E-state index in [0.29, 0.717) is 5.02 Å². The smallest absolute Gasteiger partial charge is 0.450 e. The number of halogens is 4. The molecule has 0 aliphatic heterocycles. The molecule has 1 N–H and O–H groups in total. The first kappa shape index (κ1) is 19.8. The number of hydrogen-bond acceptors (Lipinski definition) is 4. The van der Waals surface area contributed by atoms with E-state index < -0.39 is 35.0 Å². The van der Waals surface area contributed by atoms with Gasteiger partial charge in [-0.25, -0.2) is 4.79 Å². The fourth-order valence-corrected chi connectivity index (χ4v) is 2.71. The number of fused-ring (bicyclic) bond motifs is 1. The first-order valence-electron chi connectivity index (χ1n) is 7.91. The second-order valence-electron chi connectivity index (χ2n) is 5.90. The van der Waals surface area contributed by atoms with Crippen molar-refractivity contribution < 1.29 is 32.2 Å². The van der Waals surface area contributed by atoms with Crippen LogP contribution in [0.3, 0.4) is 0 Å². The molecule has 3 aromatic rings. The molecule has 1 atom stereocenters. The van der Waals surface area contributed by atoms with Crippen LogP contribution in [0.1, 0.15) is 12.7 Å². The van der Waals surface area contributed by atoms with Crippen LogP contribution in [0.5, 0.6) is 5.75 Å². The van der Waals surface area contributed by atoms with Crippen LogP contribution in [0.4, 0.5) is 13.2 Å². The molecule has 0 aliphatic rings. The molecule has 0 bridgehead atoms. The van der Waals surface area contributed by atoms with Crippen molar-refractivity contribution in [1.29, 1.82) is 0 Å². The predicted octanol–water partition coefficient (Wildman–Crippen LogP) is 4.98. The highest BCUT2D eigenvalue weighted by Gasteiger charge is 2.39. The summed E-state index contributed by atoms with van der Waals surface area (Å²) in [4.78, 5) is 23.7. The zero-order valence-electron chi connectivity index (χ0n) is 14.2. The third kappa shape index (κ3) is 3.82. The monoisotopic (exact) mass is 412 g/mol. The molecule has 0 aliphatic carbocycles. The van der Waals surface area contributed by atoms with E-state index in [4.69, 9.17) is 25.9 Å². The van der Waals surface area contributed by atoms with Gasteiger partial charge in [0.2, 0.25) is 11.2 Å². The summed E-state index contributed by atoms with van der Waals surface area (Å²) < 4.78 is 50.9. The van der Waals surface area contributed by atoms with Crippen LogP contribution in [-0.2, 0) is 11.0 Å². The summed E-state index contributed by atoms with van der Waals surface area (Å²) in [7, 11) is 0. The lowest BCUT2D eigenvalue weighted by Gasteiger charge is -2.14. The van der Waals surface area contributed by atoms with E-state index in [0.717, 1.165) is 6.07 Å². The number of rotatable bonds is 4. The van der Waals surface area contributed by atoms with Crippen LogP contribution in [0.25, 0.3) is 22.1 Å². The van der Waals surface area contributed by atoms with Crippen LogP contribution in [0, 0.1) is 0 Å². The third-order valence-electron chi connectivity index (χ3n) is 3.91. The first-order valence-corrected chi connectivity index (χ1v) is 8.29. The largest absolute Gasteiger partial charge is 0.479 e. The number of carboxylic acids is 1. The molecule has 1 heterocycles. The lowest BCUT2D eigenvalue weighted by atomic mass is 10.0. The Morgan fingerprint density at radius 2 is 1.82 bits per heavy atom. The van der Waals surface area contributed by atoms with E-state index in [2.05, 4.69) is 0 Å². The molecular formula is C19H12ClF3O5. The van der Waals surface area contributed by atoms with E-state index in [-0.39, 0.29) is 22.3 Å². The van der Waals surface area contributed by atoms with Gasteiger partial charge in [-0.2, -0.15) is 13.2 Å². The van der Waals surface area contributed by atoms with E-state index in [9.17, 15) is 22.8 Å².